The van der Waals surface area contributed by atoms with Crippen LogP contribution in [0.4, 0.5) is 0 Å². The second kappa shape index (κ2) is 5.71. The monoisotopic (exact) mass is 209 g/mol. The Morgan fingerprint density at radius 2 is 1.93 bits per heavy atom. The van der Waals surface area contributed by atoms with Gasteiger partial charge in [-0.3, -0.25) is 4.98 Å². The topological polar surface area (TPSA) is 31.4 Å². The summed E-state index contributed by atoms with van der Waals surface area (Å²) in [6.45, 7) is 9.93. The van der Waals surface area contributed by atoms with Crippen LogP contribution >= 0.6 is 0 Å². The summed E-state index contributed by atoms with van der Waals surface area (Å²) in [4.78, 5) is 4.29. The molecule has 0 fully saturated rings. The Kier molecular flexibility index (Phi) is 4.56. The van der Waals surface area contributed by atoms with Gasteiger partial charge in [0.2, 0.25) is 0 Å². The van der Waals surface area contributed by atoms with Crippen LogP contribution in [-0.4, -0.2) is 18.2 Å². The maximum Gasteiger partial charge on any atom is 0.146 e. The fourth-order valence-electron chi connectivity index (χ4n) is 1.45. The number of ether oxygens (including phenoxy) is 2. The molecule has 0 aliphatic carbocycles. The molecular formula is C12H19NO2. The van der Waals surface area contributed by atoms with Crippen LogP contribution in [0, 0.1) is 13.8 Å². The number of hydrogen-bond donors (Lipinski definition) is 0. The number of aromatic nitrogens is 1. The molecule has 0 saturated carbocycles. The lowest BCUT2D eigenvalue weighted by Gasteiger charge is -2.14. The van der Waals surface area contributed by atoms with Crippen molar-refractivity contribution in [3.8, 4) is 5.75 Å². The third-order valence-corrected chi connectivity index (χ3v) is 2.27. The van der Waals surface area contributed by atoms with Gasteiger partial charge in [-0.1, -0.05) is 0 Å². The van der Waals surface area contributed by atoms with E-state index in [0.29, 0.717) is 19.8 Å². The molecule has 0 aliphatic rings. The van der Waals surface area contributed by atoms with E-state index >= 15 is 0 Å². The normalized spacial score (nSPS) is 10.4. The van der Waals surface area contributed by atoms with E-state index in [0.717, 1.165) is 22.6 Å². The molecule has 0 radical (unpaired) electrons. The second-order valence-corrected chi connectivity index (χ2v) is 3.40. The van der Waals surface area contributed by atoms with Gasteiger partial charge in [0.25, 0.3) is 0 Å². The minimum atomic E-state index is 0.598. The minimum absolute atomic E-state index is 0.598. The van der Waals surface area contributed by atoms with Crippen LogP contribution < -0.4 is 4.74 Å². The predicted octanol–water partition coefficient (Wildman–Crippen LogP) is 2.63. The van der Waals surface area contributed by atoms with Gasteiger partial charge >= 0.3 is 0 Å². The quantitative estimate of drug-likeness (QED) is 0.747. The number of hydrogen-bond acceptors (Lipinski definition) is 3. The number of pyridine rings is 1. The molecule has 1 heterocycles. The highest BCUT2D eigenvalue weighted by Gasteiger charge is 2.10. The molecule has 0 bridgehead atoms. The van der Waals surface area contributed by atoms with E-state index in [9.17, 15) is 0 Å². The molecule has 0 N–H and O–H groups in total. The maximum absolute atomic E-state index is 5.60. The van der Waals surface area contributed by atoms with Crippen molar-refractivity contribution >= 4 is 0 Å². The molecule has 15 heavy (non-hydrogen) atoms. The van der Waals surface area contributed by atoms with Gasteiger partial charge in [-0.05, 0) is 33.3 Å². The van der Waals surface area contributed by atoms with E-state index in [1.165, 1.54) is 0 Å². The summed E-state index contributed by atoms with van der Waals surface area (Å²) in [5.74, 6) is 0.881. The van der Waals surface area contributed by atoms with Crippen molar-refractivity contribution in [1.29, 1.82) is 0 Å². The fraction of sp³-hybridized carbons (Fsp3) is 0.583. The van der Waals surface area contributed by atoms with Crippen molar-refractivity contribution in [3.63, 3.8) is 0 Å². The van der Waals surface area contributed by atoms with Crippen LogP contribution in [0.25, 0.3) is 0 Å². The highest BCUT2D eigenvalue weighted by atomic mass is 16.5. The van der Waals surface area contributed by atoms with Crippen molar-refractivity contribution in [1.82, 2.24) is 4.98 Å². The van der Waals surface area contributed by atoms with Gasteiger partial charge in [0.15, 0.2) is 0 Å². The zero-order chi connectivity index (χ0) is 11.3. The lowest BCUT2D eigenvalue weighted by atomic mass is 10.1. The molecule has 0 aliphatic heterocycles. The summed E-state index contributed by atoms with van der Waals surface area (Å²) in [5, 5.41) is 0. The van der Waals surface area contributed by atoms with Gasteiger partial charge in [0, 0.05) is 18.4 Å². The van der Waals surface area contributed by atoms with Gasteiger partial charge in [0.05, 0.1) is 18.9 Å². The van der Waals surface area contributed by atoms with Crippen molar-refractivity contribution in [2.24, 2.45) is 0 Å². The Labute approximate surface area is 91.4 Å². The van der Waals surface area contributed by atoms with E-state index in [4.69, 9.17) is 9.47 Å². The lowest BCUT2D eigenvalue weighted by molar-refractivity contribution is 0.130. The van der Waals surface area contributed by atoms with Crippen LogP contribution in [0.15, 0.2) is 6.20 Å². The van der Waals surface area contributed by atoms with Crippen molar-refractivity contribution < 1.29 is 9.47 Å². The second-order valence-electron chi connectivity index (χ2n) is 3.40. The molecule has 0 amide bonds. The third-order valence-electron chi connectivity index (χ3n) is 2.27. The summed E-state index contributed by atoms with van der Waals surface area (Å²) in [6, 6.07) is 0. The Morgan fingerprint density at radius 3 is 2.53 bits per heavy atom. The summed E-state index contributed by atoms with van der Waals surface area (Å²) in [5.41, 5.74) is 3.17. The molecular weight excluding hydrogens is 190 g/mol. The van der Waals surface area contributed by atoms with Gasteiger partial charge < -0.3 is 9.47 Å². The van der Waals surface area contributed by atoms with Crippen LogP contribution in [0.3, 0.4) is 0 Å². The number of aryl methyl sites for hydroxylation is 2. The largest absolute Gasteiger partial charge is 0.492 e. The average molecular weight is 209 g/mol. The molecule has 1 rings (SSSR count). The molecule has 3 nitrogen and oxygen atoms in total. The smallest absolute Gasteiger partial charge is 0.146 e. The zero-order valence-corrected chi connectivity index (χ0v) is 9.96. The van der Waals surface area contributed by atoms with Crippen molar-refractivity contribution in [2.75, 3.05) is 13.2 Å². The summed E-state index contributed by atoms with van der Waals surface area (Å²) < 4.78 is 11.0. The SMILES string of the molecule is CCOCc1c(C)cnc(C)c1OCC. The molecule has 0 saturated heterocycles. The van der Waals surface area contributed by atoms with E-state index < -0.39 is 0 Å². The maximum atomic E-state index is 5.60. The van der Waals surface area contributed by atoms with Crippen LogP contribution in [0.1, 0.15) is 30.7 Å². The van der Waals surface area contributed by atoms with Crippen LogP contribution in [0.5, 0.6) is 5.75 Å². The van der Waals surface area contributed by atoms with E-state index in [1.54, 1.807) is 0 Å². The highest BCUT2D eigenvalue weighted by Crippen LogP contribution is 2.25. The first-order chi connectivity index (χ1) is 7.20. The molecule has 0 spiro atoms. The fourth-order valence-corrected chi connectivity index (χ4v) is 1.45. The van der Waals surface area contributed by atoms with E-state index in [1.807, 2.05) is 33.9 Å². The van der Waals surface area contributed by atoms with E-state index in [-0.39, 0.29) is 0 Å². The lowest BCUT2D eigenvalue weighted by Crippen LogP contribution is -2.04. The molecule has 0 aromatic carbocycles. The molecule has 84 valence electrons. The Bertz CT molecular complexity index is 324. The molecule has 0 atom stereocenters. The van der Waals surface area contributed by atoms with Crippen molar-refractivity contribution in [2.45, 2.75) is 34.3 Å². The molecule has 1 aromatic rings. The molecule has 0 unspecified atom stereocenters. The van der Waals surface area contributed by atoms with E-state index in [2.05, 4.69) is 4.98 Å². The summed E-state index contributed by atoms with van der Waals surface area (Å²) >= 11 is 0. The third kappa shape index (κ3) is 2.93. The first-order valence-corrected chi connectivity index (χ1v) is 5.36. The minimum Gasteiger partial charge on any atom is -0.492 e. The predicted molar refractivity (Wildman–Crippen MR) is 60.2 cm³/mol. The molecule has 3 heteroatoms. The summed E-state index contributed by atoms with van der Waals surface area (Å²) in [6.07, 6.45) is 1.87. The van der Waals surface area contributed by atoms with Crippen LogP contribution in [0.2, 0.25) is 0 Å². The standard InChI is InChI=1S/C12H19NO2/c1-5-14-8-11-9(3)7-13-10(4)12(11)15-6-2/h7H,5-6,8H2,1-4H3. The number of nitrogens with zero attached hydrogens (tertiary/aromatic N) is 1. The first kappa shape index (κ1) is 12.0. The van der Waals surface area contributed by atoms with Crippen molar-refractivity contribution in [3.05, 3.63) is 23.0 Å². The van der Waals surface area contributed by atoms with Gasteiger partial charge in [0.1, 0.15) is 5.75 Å². The Balaban J connectivity index is 3.01. The Morgan fingerprint density at radius 1 is 1.20 bits per heavy atom. The zero-order valence-electron chi connectivity index (χ0n) is 9.96. The van der Waals surface area contributed by atoms with Gasteiger partial charge in [-0.15, -0.1) is 0 Å². The average Bonchev–Trinajstić information content (AvgIpc) is 2.23. The first-order valence-electron chi connectivity index (χ1n) is 5.36. The summed E-state index contributed by atoms with van der Waals surface area (Å²) in [7, 11) is 0. The highest BCUT2D eigenvalue weighted by molar-refractivity contribution is 5.40. The van der Waals surface area contributed by atoms with Gasteiger partial charge in [-0.25, -0.2) is 0 Å². The van der Waals surface area contributed by atoms with Crippen LogP contribution in [-0.2, 0) is 11.3 Å². The molecule has 1 aromatic heterocycles. The number of rotatable bonds is 5. The Hall–Kier alpha value is -1.09. The van der Waals surface area contributed by atoms with Gasteiger partial charge in [-0.2, -0.15) is 0 Å².